The molecular formula is C13H16ClNS2. The molecule has 0 aliphatic heterocycles. The predicted molar refractivity (Wildman–Crippen MR) is 78.3 cm³/mol. The van der Waals surface area contributed by atoms with E-state index in [1.807, 2.05) is 6.07 Å². The first-order valence-electron chi connectivity index (χ1n) is 5.69. The first-order chi connectivity index (χ1) is 8.16. The van der Waals surface area contributed by atoms with E-state index in [2.05, 4.69) is 42.7 Å². The first-order valence-corrected chi connectivity index (χ1v) is 7.76. The molecule has 1 N–H and O–H groups in total. The van der Waals surface area contributed by atoms with Crippen LogP contribution in [0.15, 0.2) is 29.6 Å². The summed E-state index contributed by atoms with van der Waals surface area (Å²) in [6.45, 7) is 5.46. The highest BCUT2D eigenvalue weighted by atomic mass is 35.5. The summed E-state index contributed by atoms with van der Waals surface area (Å²) in [5.74, 6) is 0.646. The molecule has 0 radical (unpaired) electrons. The van der Waals surface area contributed by atoms with Gasteiger partial charge in [0.25, 0.3) is 0 Å². The van der Waals surface area contributed by atoms with Crippen LogP contribution in [-0.4, -0.2) is 6.54 Å². The normalized spacial score (nSPS) is 13.2. The lowest BCUT2D eigenvalue weighted by Crippen LogP contribution is -2.25. The molecule has 0 aromatic carbocycles. The van der Waals surface area contributed by atoms with Gasteiger partial charge in [-0.15, -0.1) is 22.7 Å². The van der Waals surface area contributed by atoms with Gasteiger partial charge < -0.3 is 5.32 Å². The molecule has 0 saturated carbocycles. The van der Waals surface area contributed by atoms with Crippen molar-refractivity contribution in [2.24, 2.45) is 5.92 Å². The highest BCUT2D eigenvalue weighted by Crippen LogP contribution is 2.33. The molecule has 0 aliphatic rings. The van der Waals surface area contributed by atoms with E-state index in [4.69, 9.17) is 11.6 Å². The number of hydrogen-bond donors (Lipinski definition) is 1. The van der Waals surface area contributed by atoms with Gasteiger partial charge in [0.1, 0.15) is 0 Å². The zero-order valence-electron chi connectivity index (χ0n) is 9.94. The monoisotopic (exact) mass is 285 g/mol. The number of hydrogen-bond acceptors (Lipinski definition) is 3. The lowest BCUT2D eigenvalue weighted by Gasteiger charge is -2.17. The van der Waals surface area contributed by atoms with Crippen LogP contribution >= 0.6 is 34.3 Å². The molecule has 2 rings (SSSR count). The third-order valence-electron chi connectivity index (χ3n) is 2.44. The van der Waals surface area contributed by atoms with Crippen molar-refractivity contribution in [3.8, 4) is 0 Å². The molecule has 0 fully saturated rings. The molecule has 4 heteroatoms. The molecule has 0 saturated heterocycles. The topological polar surface area (TPSA) is 12.0 Å². The van der Waals surface area contributed by atoms with E-state index in [0.29, 0.717) is 5.92 Å². The molecule has 0 amide bonds. The highest BCUT2D eigenvalue weighted by molar-refractivity contribution is 7.16. The van der Waals surface area contributed by atoms with Gasteiger partial charge in [0, 0.05) is 9.75 Å². The average Bonchev–Trinajstić information content (AvgIpc) is 2.90. The minimum absolute atomic E-state index is 0.287. The molecule has 1 nitrogen and oxygen atoms in total. The Balaban J connectivity index is 2.18. The number of thiophene rings is 2. The fourth-order valence-corrected chi connectivity index (χ4v) is 3.68. The van der Waals surface area contributed by atoms with Crippen molar-refractivity contribution in [1.29, 1.82) is 0 Å². The van der Waals surface area contributed by atoms with Gasteiger partial charge >= 0.3 is 0 Å². The minimum Gasteiger partial charge on any atom is -0.305 e. The van der Waals surface area contributed by atoms with Crippen LogP contribution in [0, 0.1) is 5.92 Å². The summed E-state index contributed by atoms with van der Waals surface area (Å²) < 4.78 is 0.855. The Morgan fingerprint density at radius 3 is 2.59 bits per heavy atom. The zero-order chi connectivity index (χ0) is 12.3. The Hall–Kier alpha value is -0.350. The molecule has 92 valence electrons. The van der Waals surface area contributed by atoms with Crippen molar-refractivity contribution in [2.45, 2.75) is 19.9 Å². The van der Waals surface area contributed by atoms with E-state index in [1.165, 1.54) is 9.75 Å². The van der Waals surface area contributed by atoms with E-state index in [0.717, 1.165) is 10.9 Å². The first kappa shape index (κ1) is 13.1. The lowest BCUT2D eigenvalue weighted by molar-refractivity contribution is 0.520. The van der Waals surface area contributed by atoms with Gasteiger partial charge in [-0.05, 0) is 36.0 Å². The zero-order valence-corrected chi connectivity index (χ0v) is 12.3. The Morgan fingerprint density at radius 2 is 2.06 bits per heavy atom. The molecule has 2 heterocycles. The molecule has 0 spiro atoms. The Kier molecular flexibility index (Phi) is 4.62. The van der Waals surface area contributed by atoms with E-state index in [-0.39, 0.29) is 6.04 Å². The molecule has 2 aromatic heterocycles. The third kappa shape index (κ3) is 3.55. The SMILES string of the molecule is CC(C)CNC(c1cccs1)c1ccc(Cl)s1. The maximum atomic E-state index is 6.02. The van der Waals surface area contributed by atoms with E-state index in [1.54, 1.807) is 22.7 Å². The second-order valence-electron chi connectivity index (χ2n) is 4.39. The Bertz CT molecular complexity index is 448. The van der Waals surface area contributed by atoms with Crippen LogP contribution in [-0.2, 0) is 0 Å². The van der Waals surface area contributed by atoms with Gasteiger partial charge in [0.2, 0.25) is 0 Å². The number of halogens is 1. The second kappa shape index (κ2) is 6.01. The molecule has 0 bridgehead atoms. The molecule has 2 aromatic rings. The average molecular weight is 286 g/mol. The maximum absolute atomic E-state index is 6.02. The van der Waals surface area contributed by atoms with Gasteiger partial charge in [-0.2, -0.15) is 0 Å². The summed E-state index contributed by atoms with van der Waals surface area (Å²) in [7, 11) is 0. The van der Waals surface area contributed by atoms with Crippen LogP contribution in [0.2, 0.25) is 4.34 Å². The van der Waals surface area contributed by atoms with Crippen LogP contribution < -0.4 is 5.32 Å². The summed E-state index contributed by atoms with van der Waals surface area (Å²) in [4.78, 5) is 2.64. The third-order valence-corrected chi connectivity index (χ3v) is 4.67. The molecular weight excluding hydrogens is 270 g/mol. The van der Waals surface area contributed by atoms with Gasteiger partial charge in [0.15, 0.2) is 0 Å². The van der Waals surface area contributed by atoms with Gasteiger partial charge in [0.05, 0.1) is 10.4 Å². The van der Waals surface area contributed by atoms with Gasteiger partial charge in [-0.3, -0.25) is 0 Å². The molecule has 17 heavy (non-hydrogen) atoms. The second-order valence-corrected chi connectivity index (χ2v) is 7.12. The smallest absolute Gasteiger partial charge is 0.0931 e. The summed E-state index contributed by atoms with van der Waals surface area (Å²) in [6.07, 6.45) is 0. The van der Waals surface area contributed by atoms with Crippen molar-refractivity contribution in [3.63, 3.8) is 0 Å². The van der Waals surface area contributed by atoms with E-state index < -0.39 is 0 Å². The van der Waals surface area contributed by atoms with Crippen molar-refractivity contribution in [3.05, 3.63) is 43.7 Å². The summed E-state index contributed by atoms with van der Waals surface area (Å²) in [5.41, 5.74) is 0. The molecule has 1 atom stereocenters. The van der Waals surface area contributed by atoms with Crippen molar-refractivity contribution in [1.82, 2.24) is 5.32 Å². The highest BCUT2D eigenvalue weighted by Gasteiger charge is 2.16. The Morgan fingerprint density at radius 1 is 1.24 bits per heavy atom. The number of rotatable bonds is 5. The predicted octanol–water partition coefficient (Wildman–Crippen LogP) is 4.80. The fraction of sp³-hybridized carbons (Fsp3) is 0.385. The van der Waals surface area contributed by atoms with E-state index in [9.17, 15) is 0 Å². The largest absolute Gasteiger partial charge is 0.305 e. The van der Waals surface area contributed by atoms with Gasteiger partial charge in [-0.25, -0.2) is 0 Å². The Labute approximate surface area is 115 Å². The standard InChI is InChI=1S/C13H16ClNS2/c1-9(2)8-15-13(10-4-3-7-16-10)11-5-6-12(14)17-11/h3-7,9,13,15H,8H2,1-2H3. The van der Waals surface area contributed by atoms with Gasteiger partial charge in [-0.1, -0.05) is 31.5 Å². The minimum atomic E-state index is 0.287. The molecule has 1 unspecified atom stereocenters. The summed E-state index contributed by atoms with van der Waals surface area (Å²) in [5, 5.41) is 5.73. The lowest BCUT2D eigenvalue weighted by atomic mass is 10.1. The van der Waals surface area contributed by atoms with Crippen LogP contribution in [0.3, 0.4) is 0 Å². The van der Waals surface area contributed by atoms with Crippen LogP contribution in [0.25, 0.3) is 0 Å². The van der Waals surface area contributed by atoms with Crippen molar-refractivity contribution in [2.75, 3.05) is 6.54 Å². The number of nitrogens with one attached hydrogen (secondary N) is 1. The van der Waals surface area contributed by atoms with Crippen LogP contribution in [0.4, 0.5) is 0 Å². The van der Waals surface area contributed by atoms with Crippen LogP contribution in [0.1, 0.15) is 29.6 Å². The summed E-state index contributed by atoms with van der Waals surface area (Å²) >= 11 is 9.47. The fourth-order valence-electron chi connectivity index (χ4n) is 1.63. The van der Waals surface area contributed by atoms with Crippen molar-refractivity contribution < 1.29 is 0 Å². The van der Waals surface area contributed by atoms with Crippen molar-refractivity contribution >= 4 is 34.3 Å². The maximum Gasteiger partial charge on any atom is 0.0931 e. The molecule has 0 aliphatic carbocycles. The van der Waals surface area contributed by atoms with E-state index >= 15 is 0 Å². The summed E-state index contributed by atoms with van der Waals surface area (Å²) in [6, 6.07) is 8.65. The van der Waals surface area contributed by atoms with Crippen LogP contribution in [0.5, 0.6) is 0 Å². The quantitative estimate of drug-likeness (QED) is 0.832.